The van der Waals surface area contributed by atoms with Gasteiger partial charge in [-0.2, -0.15) is 0 Å². The monoisotopic (exact) mass is 232 g/mol. The van der Waals surface area contributed by atoms with Crippen molar-refractivity contribution in [2.24, 2.45) is 5.73 Å². The third-order valence-corrected chi connectivity index (χ3v) is 2.69. The number of aromatic nitrogens is 1. The fourth-order valence-corrected chi connectivity index (χ4v) is 1.45. The highest BCUT2D eigenvalue weighted by molar-refractivity contribution is 7.18. The van der Waals surface area contributed by atoms with Gasteiger partial charge in [0.25, 0.3) is 0 Å². The van der Waals surface area contributed by atoms with Gasteiger partial charge in [0.05, 0.1) is 11.0 Å². The molecular weight excluding hydrogens is 220 g/mol. The summed E-state index contributed by atoms with van der Waals surface area (Å²) in [7, 11) is 0. The lowest BCUT2D eigenvalue weighted by atomic mass is 10.2. The zero-order chi connectivity index (χ0) is 11.4. The lowest BCUT2D eigenvalue weighted by Gasteiger charge is -2.14. The minimum Gasteiger partial charge on any atom is -0.392 e. The van der Waals surface area contributed by atoms with E-state index in [9.17, 15) is 10.1 Å². The lowest BCUT2D eigenvalue weighted by Crippen LogP contribution is -2.38. The van der Waals surface area contributed by atoms with E-state index in [0.29, 0.717) is 11.7 Å². The summed E-state index contributed by atoms with van der Waals surface area (Å²) >= 11 is 0.936. The minimum atomic E-state index is -0.632. The van der Waals surface area contributed by atoms with Crippen LogP contribution < -0.4 is 11.1 Å². The maximum atomic E-state index is 10.3. The molecule has 4 N–H and O–H groups in total. The van der Waals surface area contributed by atoms with Crippen molar-refractivity contribution in [3.05, 3.63) is 16.3 Å². The lowest BCUT2D eigenvalue weighted by molar-refractivity contribution is -0.380. The molecule has 0 saturated heterocycles. The highest BCUT2D eigenvalue weighted by Crippen LogP contribution is 2.24. The molecule has 0 bridgehead atoms. The molecule has 0 radical (unpaired) electrons. The summed E-state index contributed by atoms with van der Waals surface area (Å²) in [4.78, 5) is 13.6. The number of rotatable bonds is 5. The van der Waals surface area contributed by atoms with Crippen molar-refractivity contribution < 1.29 is 10.0 Å². The van der Waals surface area contributed by atoms with Crippen molar-refractivity contribution in [3.63, 3.8) is 0 Å². The number of anilines is 1. The van der Waals surface area contributed by atoms with Crippen LogP contribution in [0, 0.1) is 10.1 Å². The molecule has 2 unspecified atom stereocenters. The fourth-order valence-electron chi connectivity index (χ4n) is 0.807. The number of nitrogens with two attached hydrogens (primary N) is 1. The summed E-state index contributed by atoms with van der Waals surface area (Å²) in [5.74, 6) is 0. The van der Waals surface area contributed by atoms with Crippen LogP contribution in [0.15, 0.2) is 6.20 Å². The molecule has 1 rings (SSSR count). The Balaban J connectivity index is 2.48. The van der Waals surface area contributed by atoms with Crippen molar-refractivity contribution in [1.82, 2.24) is 4.98 Å². The first-order chi connectivity index (χ1) is 7.00. The zero-order valence-corrected chi connectivity index (χ0v) is 8.90. The molecule has 1 aromatic rings. The molecule has 1 aromatic heterocycles. The van der Waals surface area contributed by atoms with E-state index in [1.165, 1.54) is 6.20 Å². The molecule has 0 aliphatic heterocycles. The van der Waals surface area contributed by atoms with Crippen molar-refractivity contribution in [1.29, 1.82) is 0 Å². The Morgan fingerprint density at radius 2 is 2.53 bits per heavy atom. The molecule has 8 heteroatoms. The van der Waals surface area contributed by atoms with Gasteiger partial charge < -0.3 is 16.2 Å². The van der Waals surface area contributed by atoms with Crippen LogP contribution in [0.3, 0.4) is 0 Å². The van der Waals surface area contributed by atoms with Gasteiger partial charge >= 0.3 is 5.00 Å². The highest BCUT2D eigenvalue weighted by atomic mass is 32.1. The molecule has 2 atom stereocenters. The van der Waals surface area contributed by atoms with Crippen LogP contribution >= 0.6 is 11.3 Å². The number of thiazole rings is 1. The summed E-state index contributed by atoms with van der Waals surface area (Å²) < 4.78 is 0. The second-order valence-corrected chi connectivity index (χ2v) is 4.06. The second kappa shape index (κ2) is 5.01. The van der Waals surface area contributed by atoms with Crippen LogP contribution in [-0.4, -0.2) is 33.7 Å². The third-order valence-electron chi connectivity index (χ3n) is 1.78. The van der Waals surface area contributed by atoms with Crippen LogP contribution in [-0.2, 0) is 0 Å². The van der Waals surface area contributed by atoms with Crippen LogP contribution in [0.25, 0.3) is 0 Å². The van der Waals surface area contributed by atoms with E-state index in [1.54, 1.807) is 6.92 Å². The normalized spacial score (nSPS) is 14.6. The first-order valence-electron chi connectivity index (χ1n) is 4.28. The average Bonchev–Trinajstić information content (AvgIpc) is 2.62. The van der Waals surface area contributed by atoms with Gasteiger partial charge in [0, 0.05) is 12.6 Å². The summed E-state index contributed by atoms with van der Waals surface area (Å²) in [6.07, 6.45) is 0.549. The third kappa shape index (κ3) is 3.42. The Kier molecular flexibility index (Phi) is 3.95. The molecule has 0 spiro atoms. The van der Waals surface area contributed by atoms with Gasteiger partial charge in [0.2, 0.25) is 0 Å². The van der Waals surface area contributed by atoms with Crippen LogP contribution in [0.2, 0.25) is 0 Å². The number of aliphatic hydroxyl groups is 1. The standard InChI is InChI=1S/C7H12N4O3S/c1-4(12)5(8)2-9-7-10-3-6(15-7)11(13)14/h3-5,12H,2,8H2,1H3,(H,9,10). The smallest absolute Gasteiger partial charge is 0.345 e. The summed E-state index contributed by atoms with van der Waals surface area (Å²) in [6, 6.07) is -0.423. The van der Waals surface area contributed by atoms with Gasteiger partial charge in [-0.3, -0.25) is 10.1 Å². The highest BCUT2D eigenvalue weighted by Gasteiger charge is 2.13. The van der Waals surface area contributed by atoms with Crippen molar-refractivity contribution in [2.75, 3.05) is 11.9 Å². The van der Waals surface area contributed by atoms with Gasteiger partial charge in [-0.15, -0.1) is 0 Å². The van der Waals surface area contributed by atoms with Gasteiger partial charge in [0.15, 0.2) is 5.13 Å². The number of aliphatic hydroxyl groups excluding tert-OH is 1. The number of nitrogens with one attached hydrogen (secondary N) is 1. The maximum absolute atomic E-state index is 10.3. The largest absolute Gasteiger partial charge is 0.392 e. The Labute approximate surface area is 90.1 Å². The van der Waals surface area contributed by atoms with E-state index in [0.717, 1.165) is 11.3 Å². The quantitative estimate of drug-likeness (QED) is 0.492. The Hall–Kier alpha value is -1.25. The molecule has 1 heterocycles. The Bertz CT molecular complexity index is 341. The van der Waals surface area contributed by atoms with E-state index in [4.69, 9.17) is 10.8 Å². The molecule has 0 aliphatic carbocycles. The number of nitro groups is 1. The first kappa shape index (κ1) is 11.8. The molecule has 84 valence electrons. The van der Waals surface area contributed by atoms with E-state index in [1.807, 2.05) is 0 Å². The van der Waals surface area contributed by atoms with E-state index in [-0.39, 0.29) is 5.00 Å². The molecule has 7 nitrogen and oxygen atoms in total. The molecular formula is C7H12N4O3S. The topological polar surface area (TPSA) is 114 Å². The molecule has 0 saturated carbocycles. The van der Waals surface area contributed by atoms with Gasteiger partial charge in [-0.05, 0) is 18.3 Å². The van der Waals surface area contributed by atoms with Crippen molar-refractivity contribution >= 4 is 21.5 Å². The van der Waals surface area contributed by atoms with Gasteiger partial charge in [0.1, 0.15) is 6.20 Å². The number of hydrogen-bond acceptors (Lipinski definition) is 7. The minimum absolute atomic E-state index is 0.0249. The summed E-state index contributed by atoms with van der Waals surface area (Å²) in [6.45, 7) is 1.90. The molecule has 0 aliphatic rings. The first-order valence-corrected chi connectivity index (χ1v) is 5.10. The summed E-state index contributed by atoms with van der Waals surface area (Å²) in [5.41, 5.74) is 5.56. The molecule has 0 amide bonds. The van der Waals surface area contributed by atoms with E-state index in [2.05, 4.69) is 10.3 Å². The molecule has 0 aromatic carbocycles. The average molecular weight is 232 g/mol. The Morgan fingerprint density at radius 1 is 1.87 bits per heavy atom. The maximum Gasteiger partial charge on any atom is 0.345 e. The summed E-state index contributed by atoms with van der Waals surface area (Å²) in [5, 5.41) is 22.7. The predicted octanol–water partition coefficient (Wildman–Crippen LogP) is 0.171. The van der Waals surface area contributed by atoms with E-state index >= 15 is 0 Å². The van der Waals surface area contributed by atoms with Crippen LogP contribution in [0.5, 0.6) is 0 Å². The van der Waals surface area contributed by atoms with E-state index < -0.39 is 17.1 Å². The van der Waals surface area contributed by atoms with Crippen molar-refractivity contribution in [3.8, 4) is 0 Å². The van der Waals surface area contributed by atoms with Crippen LogP contribution in [0.4, 0.5) is 10.1 Å². The Morgan fingerprint density at radius 3 is 3.00 bits per heavy atom. The number of nitrogens with zero attached hydrogens (tertiary/aromatic N) is 2. The molecule has 15 heavy (non-hydrogen) atoms. The predicted molar refractivity (Wildman–Crippen MR) is 56.9 cm³/mol. The fraction of sp³-hybridized carbons (Fsp3) is 0.571. The molecule has 0 fully saturated rings. The zero-order valence-electron chi connectivity index (χ0n) is 8.08. The van der Waals surface area contributed by atoms with Gasteiger partial charge in [-0.1, -0.05) is 0 Å². The second-order valence-electron chi connectivity index (χ2n) is 3.05. The van der Waals surface area contributed by atoms with Gasteiger partial charge in [-0.25, -0.2) is 4.98 Å². The van der Waals surface area contributed by atoms with Crippen molar-refractivity contribution in [2.45, 2.75) is 19.1 Å². The number of hydrogen-bond donors (Lipinski definition) is 3. The van der Waals surface area contributed by atoms with Crippen LogP contribution in [0.1, 0.15) is 6.92 Å². The SMILES string of the molecule is CC(O)C(N)CNc1ncc([N+](=O)[O-])s1.